The van der Waals surface area contributed by atoms with Crippen molar-refractivity contribution in [1.82, 2.24) is 4.98 Å². The molecule has 3 nitrogen and oxygen atoms in total. The second kappa shape index (κ2) is 5.81. The largest absolute Gasteiger partial charge is 0.439 e. The zero-order valence-electron chi connectivity index (χ0n) is 12.0. The van der Waals surface area contributed by atoms with Crippen LogP contribution in [0.1, 0.15) is 35.7 Å². The first-order valence-electron chi connectivity index (χ1n) is 7.14. The Morgan fingerprint density at radius 1 is 1.17 bits per heavy atom. The third-order valence-electron chi connectivity index (χ3n) is 3.78. The number of nitrogens with zero attached hydrogens (tertiary/aromatic N) is 1. The number of aryl methyl sites for hydroxylation is 1. The molecule has 0 saturated carbocycles. The molecular weight excluding hydrogens is 312 g/mol. The van der Waals surface area contributed by atoms with E-state index >= 15 is 0 Å². The third kappa shape index (κ3) is 3.29. The molecule has 0 aliphatic heterocycles. The molecule has 2 aromatic rings. The fraction of sp³-hybridized carbons (Fsp3) is 0.312. The van der Waals surface area contributed by atoms with E-state index in [0.29, 0.717) is 12.1 Å². The number of aromatic nitrogens is 1. The lowest BCUT2D eigenvalue weighted by Gasteiger charge is -2.21. The van der Waals surface area contributed by atoms with Crippen LogP contribution in [-0.4, -0.2) is 4.98 Å². The van der Waals surface area contributed by atoms with E-state index in [1.54, 1.807) is 12.1 Å². The molecule has 2 N–H and O–H groups in total. The Bertz CT molecular complexity index is 731. The Hall–Kier alpha value is -2.15. The molecule has 0 fully saturated rings. The predicted molar refractivity (Wildman–Crippen MR) is 75.6 cm³/mol. The molecule has 0 spiro atoms. The zero-order chi connectivity index (χ0) is 16.6. The minimum absolute atomic E-state index is 0.0388. The van der Waals surface area contributed by atoms with Crippen LogP contribution in [0.15, 0.2) is 30.3 Å². The van der Waals surface area contributed by atoms with E-state index in [1.165, 1.54) is 0 Å². The second-order valence-electron chi connectivity index (χ2n) is 5.43. The molecule has 0 saturated heterocycles. The summed E-state index contributed by atoms with van der Waals surface area (Å²) in [5.41, 5.74) is 6.42. The lowest BCUT2D eigenvalue weighted by atomic mass is 9.92. The number of benzene rings is 1. The minimum atomic E-state index is -4.73. The third-order valence-corrected chi connectivity index (χ3v) is 3.78. The smallest absolute Gasteiger partial charge is 0.419 e. The quantitative estimate of drug-likeness (QED) is 0.834. The molecule has 1 aromatic carbocycles. The maximum absolute atomic E-state index is 13.5. The molecule has 3 rings (SSSR count). The number of pyridine rings is 1. The van der Waals surface area contributed by atoms with Gasteiger partial charge >= 0.3 is 6.18 Å². The number of alkyl halides is 3. The van der Waals surface area contributed by atoms with Crippen molar-refractivity contribution in [2.75, 3.05) is 0 Å². The van der Waals surface area contributed by atoms with Gasteiger partial charge in [-0.05, 0) is 37.0 Å². The van der Waals surface area contributed by atoms with Gasteiger partial charge in [-0.3, -0.25) is 0 Å². The molecule has 0 amide bonds. The molecule has 1 heterocycles. The van der Waals surface area contributed by atoms with Crippen LogP contribution < -0.4 is 10.5 Å². The van der Waals surface area contributed by atoms with Crippen molar-refractivity contribution in [3.63, 3.8) is 0 Å². The summed E-state index contributed by atoms with van der Waals surface area (Å²) in [6.07, 6.45) is -2.16. The van der Waals surface area contributed by atoms with Gasteiger partial charge in [0.2, 0.25) is 5.88 Å². The van der Waals surface area contributed by atoms with E-state index < -0.39 is 17.6 Å². The van der Waals surface area contributed by atoms with Gasteiger partial charge < -0.3 is 10.5 Å². The highest BCUT2D eigenvalue weighted by molar-refractivity contribution is 5.35. The summed E-state index contributed by atoms with van der Waals surface area (Å²) in [7, 11) is 0. The van der Waals surface area contributed by atoms with Crippen LogP contribution in [0.25, 0.3) is 0 Å². The van der Waals surface area contributed by atoms with Crippen LogP contribution in [0, 0.1) is 5.82 Å². The van der Waals surface area contributed by atoms with Gasteiger partial charge in [-0.2, -0.15) is 13.2 Å². The zero-order valence-corrected chi connectivity index (χ0v) is 12.0. The van der Waals surface area contributed by atoms with E-state index in [-0.39, 0.29) is 17.7 Å². The van der Waals surface area contributed by atoms with Crippen molar-refractivity contribution in [3.05, 3.63) is 53.0 Å². The molecule has 7 heteroatoms. The van der Waals surface area contributed by atoms with Crippen molar-refractivity contribution >= 4 is 0 Å². The SMILES string of the molecule is NC1CCCc2nc(Oc3ccc(C(F)(F)F)c(F)c3)ccc21. The van der Waals surface area contributed by atoms with Crippen LogP contribution in [0.3, 0.4) is 0 Å². The first-order chi connectivity index (χ1) is 10.8. The first-order valence-corrected chi connectivity index (χ1v) is 7.14. The average Bonchev–Trinajstić information content (AvgIpc) is 2.46. The summed E-state index contributed by atoms with van der Waals surface area (Å²) >= 11 is 0. The Balaban J connectivity index is 1.84. The minimum Gasteiger partial charge on any atom is -0.439 e. The molecule has 1 aliphatic rings. The van der Waals surface area contributed by atoms with Crippen LogP contribution in [0.4, 0.5) is 17.6 Å². The lowest BCUT2D eigenvalue weighted by molar-refractivity contribution is -0.140. The predicted octanol–water partition coefficient (Wildman–Crippen LogP) is 4.37. The summed E-state index contributed by atoms with van der Waals surface area (Å²) in [5, 5.41) is 0. The number of hydrogen-bond donors (Lipinski definition) is 1. The van der Waals surface area contributed by atoms with Crippen LogP contribution in [0.2, 0.25) is 0 Å². The first kappa shape index (κ1) is 15.7. The van der Waals surface area contributed by atoms with Crippen LogP contribution >= 0.6 is 0 Å². The van der Waals surface area contributed by atoms with Gasteiger partial charge in [-0.1, -0.05) is 6.07 Å². The molecule has 0 radical (unpaired) electrons. The maximum Gasteiger partial charge on any atom is 0.419 e. The van der Waals surface area contributed by atoms with Gasteiger partial charge in [-0.15, -0.1) is 0 Å². The molecule has 0 bridgehead atoms. The molecular formula is C16H14F4N2O. The van der Waals surface area contributed by atoms with E-state index in [1.807, 2.05) is 0 Å². The van der Waals surface area contributed by atoms with E-state index in [0.717, 1.165) is 36.6 Å². The van der Waals surface area contributed by atoms with Gasteiger partial charge in [0, 0.05) is 23.9 Å². The normalized spacial score (nSPS) is 17.7. The fourth-order valence-corrected chi connectivity index (χ4v) is 2.64. The van der Waals surface area contributed by atoms with Crippen LogP contribution in [0.5, 0.6) is 11.6 Å². The Morgan fingerprint density at radius 2 is 1.96 bits per heavy atom. The number of ether oxygens (including phenoxy) is 1. The van der Waals surface area contributed by atoms with Crippen molar-refractivity contribution in [2.45, 2.75) is 31.5 Å². The molecule has 1 aliphatic carbocycles. The number of halogens is 4. The average molecular weight is 326 g/mol. The van der Waals surface area contributed by atoms with E-state index in [9.17, 15) is 17.6 Å². The maximum atomic E-state index is 13.5. The van der Waals surface area contributed by atoms with E-state index in [4.69, 9.17) is 10.5 Å². The van der Waals surface area contributed by atoms with E-state index in [2.05, 4.69) is 4.98 Å². The number of fused-ring (bicyclic) bond motifs is 1. The lowest BCUT2D eigenvalue weighted by Crippen LogP contribution is -2.18. The monoisotopic (exact) mass is 326 g/mol. The highest BCUT2D eigenvalue weighted by atomic mass is 19.4. The molecule has 23 heavy (non-hydrogen) atoms. The van der Waals surface area contributed by atoms with Crippen molar-refractivity contribution in [3.8, 4) is 11.6 Å². The highest BCUT2D eigenvalue weighted by Gasteiger charge is 2.34. The molecule has 1 aromatic heterocycles. The molecule has 122 valence electrons. The summed E-state index contributed by atoms with van der Waals surface area (Å²) < 4.78 is 56.5. The van der Waals surface area contributed by atoms with Crippen molar-refractivity contribution in [1.29, 1.82) is 0 Å². The van der Waals surface area contributed by atoms with Crippen molar-refractivity contribution < 1.29 is 22.3 Å². The van der Waals surface area contributed by atoms with Crippen LogP contribution in [-0.2, 0) is 12.6 Å². The number of nitrogens with two attached hydrogens (primary N) is 1. The van der Waals surface area contributed by atoms with Gasteiger partial charge in [0.05, 0.1) is 5.56 Å². The van der Waals surface area contributed by atoms with Gasteiger partial charge in [-0.25, -0.2) is 9.37 Å². The summed E-state index contributed by atoms with van der Waals surface area (Å²) in [6.45, 7) is 0. The van der Waals surface area contributed by atoms with Gasteiger partial charge in [0.1, 0.15) is 11.6 Å². The number of rotatable bonds is 2. The highest BCUT2D eigenvalue weighted by Crippen LogP contribution is 2.34. The standard InChI is InChI=1S/C16H14F4N2O/c17-12-8-9(4-6-11(12)16(18,19)20)23-15-7-5-10-13(21)2-1-3-14(10)22-15/h4-8,13H,1-3,21H2. The Kier molecular flexibility index (Phi) is 3.97. The Labute approximate surface area is 130 Å². The van der Waals surface area contributed by atoms with Gasteiger partial charge in [0.15, 0.2) is 0 Å². The summed E-state index contributed by atoms with van der Waals surface area (Å²) in [4.78, 5) is 4.31. The fourth-order valence-electron chi connectivity index (χ4n) is 2.64. The topological polar surface area (TPSA) is 48.1 Å². The summed E-state index contributed by atoms with van der Waals surface area (Å²) in [6, 6.07) is 5.73. The Morgan fingerprint density at radius 3 is 2.65 bits per heavy atom. The van der Waals surface area contributed by atoms with Crippen molar-refractivity contribution in [2.24, 2.45) is 5.73 Å². The number of hydrogen-bond acceptors (Lipinski definition) is 3. The second-order valence-corrected chi connectivity index (χ2v) is 5.43. The molecule has 1 unspecified atom stereocenters. The summed E-state index contributed by atoms with van der Waals surface area (Å²) in [5.74, 6) is -1.21. The van der Waals surface area contributed by atoms with Gasteiger partial charge in [0.25, 0.3) is 0 Å². The molecule has 1 atom stereocenters.